The van der Waals surface area contributed by atoms with Crippen LogP contribution < -0.4 is 4.74 Å². The van der Waals surface area contributed by atoms with Crippen LogP contribution in [0.2, 0.25) is 5.02 Å². The summed E-state index contributed by atoms with van der Waals surface area (Å²) < 4.78 is 61.2. The molecule has 0 unspecified atom stereocenters. The summed E-state index contributed by atoms with van der Waals surface area (Å²) >= 11 is 6.07. The van der Waals surface area contributed by atoms with Gasteiger partial charge in [0.2, 0.25) is 5.88 Å². The van der Waals surface area contributed by atoms with Gasteiger partial charge in [-0.1, -0.05) is 17.7 Å². The molecular weight excluding hydrogens is 480 g/mol. The average molecular weight is 499 g/mol. The molecule has 0 aliphatic carbocycles. The van der Waals surface area contributed by atoms with Crippen molar-refractivity contribution in [3.63, 3.8) is 0 Å². The van der Waals surface area contributed by atoms with E-state index in [4.69, 9.17) is 16.3 Å². The van der Waals surface area contributed by atoms with Crippen molar-refractivity contribution < 1.29 is 27.1 Å². The summed E-state index contributed by atoms with van der Waals surface area (Å²) in [6.07, 6.45) is -3.99. The summed E-state index contributed by atoms with van der Waals surface area (Å²) in [5, 5.41) is 11.4. The Balaban J connectivity index is 1.51. The largest absolute Gasteiger partial charge is 0.480 e. The first-order valence-corrected chi connectivity index (χ1v) is 10.5. The quantitative estimate of drug-likeness (QED) is 0.502. The van der Waals surface area contributed by atoms with Gasteiger partial charge in [0.1, 0.15) is 5.82 Å². The van der Waals surface area contributed by atoms with Crippen molar-refractivity contribution in [3.05, 3.63) is 64.2 Å². The Labute approximate surface area is 196 Å². The number of alkyl halides is 3. The van der Waals surface area contributed by atoms with Crippen molar-refractivity contribution in [2.45, 2.75) is 12.7 Å². The van der Waals surface area contributed by atoms with Gasteiger partial charge in [0.05, 0.1) is 18.9 Å². The van der Waals surface area contributed by atoms with Gasteiger partial charge in [-0.15, -0.1) is 10.2 Å². The molecule has 1 fully saturated rings. The Hall–Kier alpha value is -3.25. The van der Waals surface area contributed by atoms with E-state index >= 15 is 0 Å². The number of benzene rings is 1. The lowest BCUT2D eigenvalue weighted by Crippen LogP contribution is -2.48. The number of carbonyl (C=O) groups is 1. The molecule has 4 rings (SSSR count). The second kappa shape index (κ2) is 9.55. The molecule has 1 amide bonds. The van der Waals surface area contributed by atoms with E-state index in [-0.39, 0.29) is 31.3 Å². The van der Waals surface area contributed by atoms with Crippen LogP contribution in [-0.2, 0) is 12.7 Å². The molecule has 0 bridgehead atoms. The van der Waals surface area contributed by atoms with E-state index < -0.39 is 29.2 Å². The van der Waals surface area contributed by atoms with E-state index in [0.29, 0.717) is 28.4 Å². The van der Waals surface area contributed by atoms with Gasteiger partial charge in [-0.3, -0.25) is 9.69 Å². The van der Waals surface area contributed by atoms with Gasteiger partial charge in [0.25, 0.3) is 5.91 Å². The Kier molecular flexibility index (Phi) is 6.71. The topological polar surface area (TPSA) is 76.4 Å². The Morgan fingerprint density at radius 1 is 1.12 bits per heavy atom. The fourth-order valence-electron chi connectivity index (χ4n) is 3.67. The molecule has 0 radical (unpaired) electrons. The molecule has 1 aromatic carbocycles. The fraction of sp³-hybridized carbons (Fsp3) is 0.333. The maximum Gasteiger partial charge on any atom is 0.434 e. The normalized spacial score (nSPS) is 14.9. The number of ether oxygens (including phenoxy) is 1. The zero-order chi connectivity index (χ0) is 24.5. The monoisotopic (exact) mass is 498 g/mol. The smallest absolute Gasteiger partial charge is 0.434 e. The van der Waals surface area contributed by atoms with E-state index in [2.05, 4.69) is 15.3 Å². The molecule has 34 heavy (non-hydrogen) atoms. The number of aromatic nitrogens is 4. The van der Waals surface area contributed by atoms with Crippen LogP contribution in [0.25, 0.3) is 5.82 Å². The molecule has 3 heterocycles. The molecule has 2 aromatic heterocycles. The Morgan fingerprint density at radius 2 is 1.85 bits per heavy atom. The second-order valence-electron chi connectivity index (χ2n) is 7.52. The minimum Gasteiger partial charge on any atom is -0.480 e. The highest BCUT2D eigenvalue weighted by Gasteiger charge is 2.42. The van der Waals surface area contributed by atoms with Crippen molar-refractivity contribution in [1.82, 2.24) is 29.8 Å². The number of hydrogen-bond donors (Lipinski definition) is 0. The first-order chi connectivity index (χ1) is 16.2. The van der Waals surface area contributed by atoms with E-state index in [1.54, 1.807) is 6.07 Å². The number of hydrogen-bond acceptors (Lipinski definition) is 6. The number of carbonyl (C=O) groups excluding carboxylic acids is 1. The standard InChI is InChI=1S/C21H19ClF4N6O2/c1-34-18-6-5-17(28-29-18)32-19(21(24,25)26)13(11-27-32)20(33)31-9-7-30(8-10-31)12-14-15(22)3-2-4-16(14)23/h2-6,11H,7-10,12H2,1H3. The molecule has 1 aliphatic rings. The fourth-order valence-corrected chi connectivity index (χ4v) is 3.90. The third-order valence-electron chi connectivity index (χ3n) is 5.42. The first kappa shape index (κ1) is 23.9. The zero-order valence-electron chi connectivity index (χ0n) is 17.9. The van der Waals surface area contributed by atoms with Crippen LogP contribution in [-0.4, -0.2) is 69.0 Å². The van der Waals surface area contributed by atoms with Crippen LogP contribution in [0.15, 0.2) is 36.5 Å². The summed E-state index contributed by atoms with van der Waals surface area (Å²) in [6.45, 7) is 1.24. The van der Waals surface area contributed by atoms with Crippen molar-refractivity contribution >= 4 is 17.5 Å². The van der Waals surface area contributed by atoms with Gasteiger partial charge < -0.3 is 9.64 Å². The summed E-state index contributed by atoms with van der Waals surface area (Å²) in [7, 11) is 1.35. The van der Waals surface area contributed by atoms with Crippen molar-refractivity contribution in [1.29, 1.82) is 0 Å². The number of piperazine rings is 1. The van der Waals surface area contributed by atoms with Crippen LogP contribution >= 0.6 is 11.6 Å². The van der Waals surface area contributed by atoms with Gasteiger partial charge in [0, 0.05) is 49.4 Å². The van der Waals surface area contributed by atoms with Gasteiger partial charge in [-0.2, -0.15) is 18.3 Å². The molecule has 180 valence electrons. The van der Waals surface area contributed by atoms with Crippen LogP contribution in [0.1, 0.15) is 21.6 Å². The van der Waals surface area contributed by atoms with Gasteiger partial charge in [-0.25, -0.2) is 9.07 Å². The summed E-state index contributed by atoms with van der Waals surface area (Å²) in [5.74, 6) is -1.33. The highest BCUT2D eigenvalue weighted by molar-refractivity contribution is 6.31. The highest BCUT2D eigenvalue weighted by Crippen LogP contribution is 2.34. The van der Waals surface area contributed by atoms with Crippen molar-refractivity contribution in [2.75, 3.05) is 33.3 Å². The van der Waals surface area contributed by atoms with E-state index in [9.17, 15) is 22.4 Å². The van der Waals surface area contributed by atoms with E-state index in [1.807, 2.05) is 4.90 Å². The van der Waals surface area contributed by atoms with Crippen LogP contribution in [0, 0.1) is 5.82 Å². The maximum atomic E-state index is 14.1. The summed E-state index contributed by atoms with van der Waals surface area (Å²) in [4.78, 5) is 16.2. The molecular formula is C21H19ClF4N6O2. The maximum absolute atomic E-state index is 14.1. The Morgan fingerprint density at radius 3 is 2.44 bits per heavy atom. The van der Waals surface area contributed by atoms with Gasteiger partial charge in [0.15, 0.2) is 11.5 Å². The lowest BCUT2D eigenvalue weighted by Gasteiger charge is -2.35. The van der Waals surface area contributed by atoms with E-state index in [1.165, 1.54) is 36.3 Å². The molecule has 13 heteroatoms. The SMILES string of the molecule is COc1ccc(-n2ncc(C(=O)N3CCN(Cc4c(F)cccc4Cl)CC3)c2C(F)(F)F)nn1. The lowest BCUT2D eigenvalue weighted by molar-refractivity contribution is -0.143. The summed E-state index contributed by atoms with van der Waals surface area (Å²) in [6, 6.07) is 7.00. The van der Waals surface area contributed by atoms with Crippen LogP contribution in [0.3, 0.4) is 0 Å². The first-order valence-electron chi connectivity index (χ1n) is 10.2. The Bertz CT molecular complexity index is 1160. The molecule has 0 spiro atoms. The van der Waals surface area contributed by atoms with Gasteiger partial charge >= 0.3 is 6.18 Å². The number of nitrogens with zero attached hydrogens (tertiary/aromatic N) is 6. The molecule has 0 saturated carbocycles. The zero-order valence-corrected chi connectivity index (χ0v) is 18.6. The highest BCUT2D eigenvalue weighted by atomic mass is 35.5. The second-order valence-corrected chi connectivity index (χ2v) is 7.93. The molecule has 0 N–H and O–H groups in total. The van der Waals surface area contributed by atoms with Gasteiger partial charge in [-0.05, 0) is 18.2 Å². The number of halogens is 5. The van der Waals surface area contributed by atoms with Crippen LogP contribution in [0.5, 0.6) is 5.88 Å². The molecule has 0 atom stereocenters. The minimum atomic E-state index is -4.87. The lowest BCUT2D eigenvalue weighted by atomic mass is 10.1. The molecule has 3 aromatic rings. The molecule has 1 aliphatic heterocycles. The predicted molar refractivity (Wildman–Crippen MR) is 113 cm³/mol. The molecule has 8 nitrogen and oxygen atoms in total. The van der Waals surface area contributed by atoms with E-state index in [0.717, 1.165) is 6.20 Å². The average Bonchev–Trinajstić information content (AvgIpc) is 3.27. The number of amides is 1. The predicted octanol–water partition coefficient (Wildman–Crippen LogP) is 3.44. The van der Waals surface area contributed by atoms with Crippen molar-refractivity contribution in [2.24, 2.45) is 0 Å². The molecule has 1 saturated heterocycles. The third kappa shape index (κ3) is 4.82. The summed E-state index contributed by atoms with van der Waals surface area (Å²) in [5.41, 5.74) is -1.49. The van der Waals surface area contributed by atoms with Crippen LogP contribution in [0.4, 0.5) is 17.6 Å². The number of methoxy groups -OCH3 is 1. The number of rotatable bonds is 5. The minimum absolute atomic E-state index is 0.121. The van der Waals surface area contributed by atoms with Crippen molar-refractivity contribution in [3.8, 4) is 11.7 Å². The third-order valence-corrected chi connectivity index (χ3v) is 5.78.